The number of benzene rings is 2. The maximum Gasteiger partial charge on any atom is 0.254 e. The van der Waals surface area contributed by atoms with E-state index in [0.717, 1.165) is 34.9 Å². The van der Waals surface area contributed by atoms with Gasteiger partial charge in [0.25, 0.3) is 11.5 Å². The van der Waals surface area contributed by atoms with Crippen molar-refractivity contribution >= 4 is 16.8 Å². The number of fused-ring (bicyclic) bond motifs is 1. The zero-order valence-electron chi connectivity index (χ0n) is 16.2. The molecule has 0 fully saturated rings. The first-order valence-corrected chi connectivity index (χ1v) is 9.47. The van der Waals surface area contributed by atoms with Crippen LogP contribution in [0.3, 0.4) is 0 Å². The lowest BCUT2D eigenvalue weighted by Gasteiger charge is -2.23. The van der Waals surface area contributed by atoms with Crippen molar-refractivity contribution < 1.29 is 4.79 Å². The van der Waals surface area contributed by atoms with Gasteiger partial charge in [-0.3, -0.25) is 9.59 Å². The fraction of sp³-hybridized carbons (Fsp3) is 0.304. The Kier molecular flexibility index (Phi) is 5.75. The molecule has 0 saturated carbocycles. The molecule has 0 atom stereocenters. The van der Waals surface area contributed by atoms with E-state index < -0.39 is 0 Å². The molecule has 0 radical (unpaired) electrons. The predicted octanol–water partition coefficient (Wildman–Crippen LogP) is 4.59. The van der Waals surface area contributed by atoms with Crippen LogP contribution in [0.4, 0.5) is 0 Å². The second kappa shape index (κ2) is 8.21. The highest BCUT2D eigenvalue weighted by Crippen LogP contribution is 2.17. The van der Waals surface area contributed by atoms with Crippen molar-refractivity contribution in [2.24, 2.45) is 0 Å². The van der Waals surface area contributed by atoms with Crippen LogP contribution in [0.2, 0.25) is 0 Å². The number of H-pyrrole nitrogens is 1. The Labute approximate surface area is 159 Å². The molecule has 0 bridgehead atoms. The van der Waals surface area contributed by atoms with E-state index in [9.17, 15) is 9.59 Å². The second-order valence-electron chi connectivity index (χ2n) is 7.11. The summed E-state index contributed by atoms with van der Waals surface area (Å²) in [6.45, 7) is 7.02. The number of aromatic nitrogens is 1. The summed E-state index contributed by atoms with van der Waals surface area (Å²) in [6, 6.07) is 15.4. The van der Waals surface area contributed by atoms with Crippen LogP contribution in [-0.4, -0.2) is 22.3 Å². The number of unbranched alkanes of at least 4 members (excludes halogenated alkanes) is 1. The second-order valence-corrected chi connectivity index (χ2v) is 7.11. The molecule has 1 N–H and O–H groups in total. The Morgan fingerprint density at radius 1 is 1.07 bits per heavy atom. The number of rotatable bonds is 6. The van der Waals surface area contributed by atoms with Crippen LogP contribution >= 0.6 is 0 Å². The number of carbonyl (C=O) groups is 1. The van der Waals surface area contributed by atoms with Crippen LogP contribution in [0.15, 0.2) is 53.3 Å². The van der Waals surface area contributed by atoms with E-state index in [1.54, 1.807) is 4.90 Å². The maximum atomic E-state index is 13.0. The zero-order valence-corrected chi connectivity index (χ0v) is 16.2. The summed E-state index contributed by atoms with van der Waals surface area (Å²) >= 11 is 0. The number of carbonyl (C=O) groups excluding carboxylic acids is 1. The van der Waals surface area contributed by atoms with Crippen molar-refractivity contribution in [3.05, 3.63) is 81.1 Å². The molecule has 1 aromatic heterocycles. The van der Waals surface area contributed by atoms with Crippen LogP contribution in [0.1, 0.15) is 46.8 Å². The highest BCUT2D eigenvalue weighted by atomic mass is 16.2. The van der Waals surface area contributed by atoms with Crippen molar-refractivity contribution in [1.29, 1.82) is 0 Å². The van der Waals surface area contributed by atoms with Gasteiger partial charge < -0.3 is 9.88 Å². The number of aromatic amines is 1. The molecule has 3 rings (SSSR count). The van der Waals surface area contributed by atoms with Gasteiger partial charge in [0.15, 0.2) is 0 Å². The van der Waals surface area contributed by atoms with Gasteiger partial charge in [0.05, 0.1) is 12.1 Å². The molecule has 2 aromatic carbocycles. The molecular weight excluding hydrogens is 336 g/mol. The van der Waals surface area contributed by atoms with Crippen molar-refractivity contribution in [2.75, 3.05) is 6.54 Å². The molecule has 0 aliphatic heterocycles. The first-order chi connectivity index (χ1) is 13.0. The Hall–Kier alpha value is -2.88. The zero-order chi connectivity index (χ0) is 19.4. The molecule has 3 aromatic rings. The first-order valence-electron chi connectivity index (χ1n) is 9.47. The van der Waals surface area contributed by atoms with Crippen molar-refractivity contribution in [2.45, 2.75) is 40.2 Å². The van der Waals surface area contributed by atoms with Crippen LogP contribution in [0.25, 0.3) is 10.9 Å². The van der Waals surface area contributed by atoms with Crippen LogP contribution in [0.5, 0.6) is 0 Å². The van der Waals surface area contributed by atoms with Gasteiger partial charge in [-0.15, -0.1) is 0 Å². The van der Waals surface area contributed by atoms with Crippen molar-refractivity contribution in [3.63, 3.8) is 0 Å². The molecular formula is C23H26N2O2. The summed E-state index contributed by atoms with van der Waals surface area (Å²) in [4.78, 5) is 30.4. The van der Waals surface area contributed by atoms with Gasteiger partial charge >= 0.3 is 0 Å². The van der Waals surface area contributed by atoms with Gasteiger partial charge in [-0.05, 0) is 49.4 Å². The van der Waals surface area contributed by atoms with Gasteiger partial charge in [0.1, 0.15) is 0 Å². The number of hydrogen-bond donors (Lipinski definition) is 1. The average Bonchev–Trinajstić information content (AvgIpc) is 2.66. The molecule has 0 aliphatic carbocycles. The van der Waals surface area contributed by atoms with Gasteiger partial charge in [0, 0.05) is 17.7 Å². The summed E-state index contributed by atoms with van der Waals surface area (Å²) in [7, 11) is 0. The Morgan fingerprint density at radius 3 is 2.52 bits per heavy atom. The standard InChI is InChI=1S/C23H26N2O2/c1-4-5-13-25(23(27)18-11-9-16(2)10-12-18)15-20-14-19-8-6-7-17(3)21(19)24-22(20)26/h6-12,14H,4-5,13,15H2,1-3H3,(H,24,26). The molecule has 27 heavy (non-hydrogen) atoms. The summed E-state index contributed by atoms with van der Waals surface area (Å²) < 4.78 is 0. The number of para-hydroxylation sites is 1. The number of nitrogens with zero attached hydrogens (tertiary/aromatic N) is 1. The third-order valence-electron chi connectivity index (χ3n) is 4.89. The number of hydrogen-bond acceptors (Lipinski definition) is 2. The lowest BCUT2D eigenvalue weighted by atomic mass is 10.1. The number of pyridine rings is 1. The quantitative estimate of drug-likeness (QED) is 0.697. The average molecular weight is 362 g/mol. The Morgan fingerprint density at radius 2 is 1.81 bits per heavy atom. The monoisotopic (exact) mass is 362 g/mol. The molecule has 4 heteroatoms. The highest BCUT2D eigenvalue weighted by Gasteiger charge is 2.17. The van der Waals surface area contributed by atoms with Crippen LogP contribution in [0, 0.1) is 13.8 Å². The van der Waals surface area contributed by atoms with Gasteiger partial charge in [-0.1, -0.05) is 49.2 Å². The molecule has 0 saturated heterocycles. The number of nitrogens with one attached hydrogen (secondary N) is 1. The molecule has 0 unspecified atom stereocenters. The molecule has 0 aliphatic rings. The Bertz CT molecular complexity index is 1000. The topological polar surface area (TPSA) is 53.2 Å². The van der Waals surface area contributed by atoms with E-state index in [1.165, 1.54) is 0 Å². The molecule has 1 heterocycles. The third kappa shape index (κ3) is 4.27. The SMILES string of the molecule is CCCCN(Cc1cc2cccc(C)c2[nH]c1=O)C(=O)c1ccc(C)cc1. The van der Waals surface area contributed by atoms with E-state index in [0.29, 0.717) is 24.2 Å². The molecule has 140 valence electrons. The Balaban J connectivity index is 1.93. The minimum Gasteiger partial charge on any atom is -0.334 e. The minimum absolute atomic E-state index is 0.0350. The van der Waals surface area contributed by atoms with E-state index in [2.05, 4.69) is 11.9 Å². The minimum atomic E-state index is -0.130. The summed E-state index contributed by atoms with van der Waals surface area (Å²) in [5.41, 5.74) is 4.16. The summed E-state index contributed by atoms with van der Waals surface area (Å²) in [5, 5.41) is 0.989. The lowest BCUT2D eigenvalue weighted by Crippen LogP contribution is -2.33. The summed E-state index contributed by atoms with van der Waals surface area (Å²) in [6.07, 6.45) is 1.90. The molecule has 1 amide bonds. The largest absolute Gasteiger partial charge is 0.334 e. The number of amides is 1. The van der Waals surface area contributed by atoms with Gasteiger partial charge in [-0.2, -0.15) is 0 Å². The normalized spacial score (nSPS) is 10.9. The van der Waals surface area contributed by atoms with Gasteiger partial charge in [0.2, 0.25) is 0 Å². The van der Waals surface area contributed by atoms with Gasteiger partial charge in [-0.25, -0.2) is 0 Å². The number of aryl methyl sites for hydroxylation is 2. The van der Waals surface area contributed by atoms with Crippen LogP contribution in [-0.2, 0) is 6.54 Å². The van der Waals surface area contributed by atoms with E-state index in [-0.39, 0.29) is 11.5 Å². The summed E-state index contributed by atoms with van der Waals surface area (Å²) in [5.74, 6) is -0.0350. The fourth-order valence-corrected chi connectivity index (χ4v) is 3.23. The third-order valence-corrected chi connectivity index (χ3v) is 4.89. The smallest absolute Gasteiger partial charge is 0.254 e. The fourth-order valence-electron chi connectivity index (χ4n) is 3.23. The van der Waals surface area contributed by atoms with E-state index in [4.69, 9.17) is 0 Å². The van der Waals surface area contributed by atoms with Crippen LogP contribution < -0.4 is 5.56 Å². The predicted molar refractivity (Wildman–Crippen MR) is 110 cm³/mol. The van der Waals surface area contributed by atoms with Crippen molar-refractivity contribution in [3.8, 4) is 0 Å². The molecule has 4 nitrogen and oxygen atoms in total. The van der Waals surface area contributed by atoms with E-state index in [1.807, 2.05) is 62.4 Å². The first kappa shape index (κ1) is 18.9. The maximum absolute atomic E-state index is 13.0. The van der Waals surface area contributed by atoms with E-state index >= 15 is 0 Å². The molecule has 0 spiro atoms. The lowest BCUT2D eigenvalue weighted by molar-refractivity contribution is 0.0740. The highest BCUT2D eigenvalue weighted by molar-refractivity contribution is 5.94. The van der Waals surface area contributed by atoms with Crippen molar-refractivity contribution in [1.82, 2.24) is 9.88 Å².